The molecule has 5 nitrogen and oxygen atoms in total. The highest BCUT2D eigenvalue weighted by Gasteiger charge is 2.41. The van der Waals surface area contributed by atoms with Crippen LogP contribution < -0.4 is 0 Å². The molecule has 1 spiro atoms. The maximum Gasteiger partial charge on any atom is 0.252 e. The van der Waals surface area contributed by atoms with Crippen LogP contribution in [0.15, 0.2) is 18.5 Å². The average Bonchev–Trinajstić information content (AvgIpc) is 2.81. The zero-order valence-electron chi connectivity index (χ0n) is 11.2. The smallest absolute Gasteiger partial charge is 0.252 e. The van der Waals surface area contributed by atoms with Gasteiger partial charge in [0, 0.05) is 30.4 Å². The minimum atomic E-state index is -3.44. The highest BCUT2D eigenvalue weighted by Crippen LogP contribution is 2.38. The van der Waals surface area contributed by atoms with E-state index < -0.39 is 15.8 Å². The van der Waals surface area contributed by atoms with Crippen LogP contribution in [0.25, 0.3) is 0 Å². The Morgan fingerprint density at radius 2 is 1.81 bits per heavy atom. The summed E-state index contributed by atoms with van der Waals surface area (Å²) in [5, 5.41) is 0. The van der Waals surface area contributed by atoms with Crippen molar-refractivity contribution in [3.63, 3.8) is 0 Å². The van der Waals surface area contributed by atoms with Crippen molar-refractivity contribution in [3.8, 4) is 0 Å². The lowest BCUT2D eigenvalue weighted by molar-refractivity contribution is -0.280. The molecule has 2 saturated heterocycles. The monoisotopic (exact) mass is 459 g/mol. The number of thiophene rings is 1. The maximum atomic E-state index is 12.6. The molecule has 9 heteroatoms. The van der Waals surface area contributed by atoms with Crippen molar-refractivity contribution >= 4 is 53.2 Å². The molecule has 0 unspecified atom stereocenters. The lowest BCUT2D eigenvalue weighted by Crippen LogP contribution is -2.51. The molecule has 0 saturated carbocycles. The molecule has 2 fully saturated rings. The van der Waals surface area contributed by atoms with Crippen molar-refractivity contribution in [1.82, 2.24) is 4.31 Å². The molecular weight excluding hydrogens is 446 g/mol. The van der Waals surface area contributed by atoms with Crippen molar-refractivity contribution < 1.29 is 17.9 Å². The van der Waals surface area contributed by atoms with E-state index in [4.69, 9.17) is 9.47 Å². The van der Waals surface area contributed by atoms with Gasteiger partial charge in [-0.15, -0.1) is 11.3 Å². The number of halogens is 2. The van der Waals surface area contributed by atoms with E-state index in [0.717, 1.165) is 14.7 Å². The van der Waals surface area contributed by atoms with Crippen LogP contribution in [0.5, 0.6) is 0 Å². The van der Waals surface area contributed by atoms with Crippen LogP contribution in [0.3, 0.4) is 0 Å². The molecule has 0 amide bonds. The fourth-order valence-corrected chi connectivity index (χ4v) is 6.97. The molecule has 0 N–H and O–H groups in total. The largest absolute Gasteiger partial charge is 0.350 e. The van der Waals surface area contributed by atoms with E-state index in [2.05, 4.69) is 31.9 Å². The Hall–Kier alpha value is 0.490. The van der Waals surface area contributed by atoms with Gasteiger partial charge in [0.15, 0.2) is 5.79 Å². The van der Waals surface area contributed by atoms with Crippen LogP contribution in [0, 0.1) is 0 Å². The first-order valence-corrected chi connectivity index (χ1v) is 10.5. The summed E-state index contributed by atoms with van der Waals surface area (Å²) in [4.78, 5) is 0. The number of hydrogen-bond donors (Lipinski definition) is 0. The van der Waals surface area contributed by atoms with Gasteiger partial charge in [-0.1, -0.05) is 0 Å². The molecule has 2 aliphatic rings. The summed E-state index contributed by atoms with van der Waals surface area (Å²) in [6.45, 7) is 2.24. The van der Waals surface area contributed by atoms with Gasteiger partial charge in [-0.2, -0.15) is 4.31 Å². The first-order valence-electron chi connectivity index (χ1n) is 6.66. The molecule has 21 heavy (non-hydrogen) atoms. The zero-order chi connectivity index (χ0) is 15.1. The standard InChI is InChI=1S/C12H15Br2NO4S2/c13-9-8-10(20-11(9)14)21(16,17)15-4-2-12(3-5-15)18-6-1-7-19-12/h8H,1-7H2. The predicted molar refractivity (Wildman–Crippen MR) is 87.0 cm³/mol. The number of hydrogen-bond acceptors (Lipinski definition) is 5. The van der Waals surface area contributed by atoms with Gasteiger partial charge < -0.3 is 9.47 Å². The first kappa shape index (κ1) is 16.4. The van der Waals surface area contributed by atoms with E-state index >= 15 is 0 Å². The Kier molecular flexibility index (Phi) is 4.81. The summed E-state index contributed by atoms with van der Waals surface area (Å²) >= 11 is 7.89. The third kappa shape index (κ3) is 3.24. The lowest BCUT2D eigenvalue weighted by Gasteiger charge is -2.42. The minimum absolute atomic E-state index is 0.350. The molecule has 1 aromatic rings. The topological polar surface area (TPSA) is 55.8 Å². The second-order valence-electron chi connectivity index (χ2n) is 5.05. The molecule has 0 aliphatic carbocycles. The predicted octanol–water partition coefficient (Wildman–Crippen LogP) is 3.19. The number of sulfonamides is 1. The molecule has 118 valence electrons. The van der Waals surface area contributed by atoms with Crippen LogP contribution in [-0.4, -0.2) is 44.8 Å². The Balaban J connectivity index is 1.73. The molecule has 3 rings (SSSR count). The summed E-state index contributed by atoms with van der Waals surface area (Å²) in [6.07, 6.45) is 2.07. The minimum Gasteiger partial charge on any atom is -0.350 e. The van der Waals surface area contributed by atoms with E-state index in [0.29, 0.717) is 43.4 Å². The van der Waals surface area contributed by atoms with E-state index in [9.17, 15) is 8.42 Å². The molecule has 2 aliphatic heterocycles. The third-order valence-corrected chi connectivity index (χ3v) is 9.32. The Morgan fingerprint density at radius 3 is 2.33 bits per heavy atom. The lowest BCUT2D eigenvalue weighted by atomic mass is 10.0. The van der Waals surface area contributed by atoms with Crippen molar-refractivity contribution in [3.05, 3.63) is 14.3 Å². The van der Waals surface area contributed by atoms with Crippen LogP contribution in [0.1, 0.15) is 19.3 Å². The Bertz CT molecular complexity index is 596. The third-order valence-electron chi connectivity index (χ3n) is 3.72. The van der Waals surface area contributed by atoms with Gasteiger partial charge in [-0.25, -0.2) is 8.42 Å². The number of rotatable bonds is 2. The van der Waals surface area contributed by atoms with Gasteiger partial charge >= 0.3 is 0 Å². The summed E-state index contributed by atoms with van der Waals surface area (Å²) in [7, 11) is -3.44. The first-order chi connectivity index (χ1) is 9.93. The molecule has 3 heterocycles. The SMILES string of the molecule is O=S(=O)(c1cc(Br)c(Br)s1)N1CCC2(CC1)OCCCO2. The van der Waals surface area contributed by atoms with Gasteiger partial charge in [0.25, 0.3) is 10.0 Å². The second-order valence-corrected chi connectivity index (χ2v) is 10.4. The van der Waals surface area contributed by atoms with Crippen molar-refractivity contribution in [2.45, 2.75) is 29.3 Å². The van der Waals surface area contributed by atoms with Crippen LogP contribution in [0.2, 0.25) is 0 Å². The number of ether oxygens (including phenoxy) is 2. The van der Waals surface area contributed by atoms with Gasteiger partial charge in [0.1, 0.15) is 4.21 Å². The summed E-state index contributed by atoms with van der Waals surface area (Å²) in [5.41, 5.74) is 0. The quantitative estimate of drug-likeness (QED) is 0.679. The van der Waals surface area contributed by atoms with Crippen LogP contribution in [0.4, 0.5) is 0 Å². The molecule has 1 aromatic heterocycles. The van der Waals surface area contributed by atoms with E-state index in [1.165, 1.54) is 15.6 Å². The molecule has 0 bridgehead atoms. The van der Waals surface area contributed by atoms with Crippen LogP contribution >= 0.6 is 43.2 Å². The summed E-state index contributed by atoms with van der Waals surface area (Å²) in [6, 6.07) is 1.64. The Morgan fingerprint density at radius 1 is 1.19 bits per heavy atom. The van der Waals surface area contributed by atoms with Gasteiger partial charge in [0.05, 0.1) is 17.0 Å². The highest BCUT2D eigenvalue weighted by atomic mass is 79.9. The van der Waals surface area contributed by atoms with E-state index in [1.807, 2.05) is 0 Å². The van der Waals surface area contributed by atoms with Gasteiger partial charge in [-0.05, 0) is 44.3 Å². The van der Waals surface area contributed by atoms with Crippen molar-refractivity contribution in [1.29, 1.82) is 0 Å². The summed E-state index contributed by atoms with van der Waals surface area (Å²) < 4.78 is 40.2. The van der Waals surface area contributed by atoms with Crippen molar-refractivity contribution in [2.75, 3.05) is 26.3 Å². The molecule has 0 radical (unpaired) electrons. The summed E-state index contributed by atoms with van der Waals surface area (Å²) in [5.74, 6) is -0.569. The fourth-order valence-electron chi connectivity index (χ4n) is 2.55. The number of piperidine rings is 1. The van der Waals surface area contributed by atoms with Crippen molar-refractivity contribution in [2.24, 2.45) is 0 Å². The molecule has 0 atom stereocenters. The zero-order valence-corrected chi connectivity index (χ0v) is 16.0. The second kappa shape index (κ2) is 6.18. The number of nitrogens with zero attached hydrogens (tertiary/aromatic N) is 1. The van der Waals surface area contributed by atoms with E-state index in [-0.39, 0.29) is 0 Å². The van der Waals surface area contributed by atoms with E-state index in [1.54, 1.807) is 6.07 Å². The highest BCUT2D eigenvalue weighted by molar-refractivity contribution is 9.13. The fraction of sp³-hybridized carbons (Fsp3) is 0.667. The average molecular weight is 461 g/mol. The normalized spacial score (nSPS) is 23.5. The molecular formula is C12H15Br2NO4S2. The van der Waals surface area contributed by atoms with Gasteiger partial charge in [-0.3, -0.25) is 0 Å². The maximum absolute atomic E-state index is 12.6. The molecule has 0 aromatic carbocycles. The van der Waals surface area contributed by atoms with Gasteiger partial charge in [0.2, 0.25) is 0 Å². The Labute approximate surface area is 144 Å². The van der Waals surface area contributed by atoms with Crippen LogP contribution in [-0.2, 0) is 19.5 Å².